The Morgan fingerprint density at radius 2 is 2.21 bits per heavy atom. The lowest BCUT2D eigenvalue weighted by molar-refractivity contribution is 0.211. The molecule has 0 aliphatic carbocycles. The largest absolute Gasteiger partial charge is 0.324 e. The quantitative estimate of drug-likeness (QED) is 0.657. The number of fused-ring (bicyclic) bond motifs is 1. The van der Waals surface area contributed by atoms with Crippen LogP contribution < -0.4 is 4.90 Å². The predicted molar refractivity (Wildman–Crippen MR) is 55.0 cm³/mol. The van der Waals surface area contributed by atoms with E-state index in [1.165, 1.54) is 0 Å². The highest BCUT2D eigenvalue weighted by molar-refractivity contribution is 9.10. The molecule has 2 amide bonds. The molecule has 1 aromatic rings. The van der Waals surface area contributed by atoms with E-state index in [1.54, 1.807) is 30.1 Å². The van der Waals surface area contributed by atoms with E-state index in [-0.39, 0.29) is 6.03 Å². The van der Waals surface area contributed by atoms with Crippen LogP contribution >= 0.6 is 15.9 Å². The maximum absolute atomic E-state index is 11.6. The first kappa shape index (κ1) is 9.39. The van der Waals surface area contributed by atoms with Gasteiger partial charge in [0, 0.05) is 14.1 Å². The third-order valence-corrected chi connectivity index (χ3v) is 2.56. The van der Waals surface area contributed by atoms with E-state index in [4.69, 9.17) is 0 Å². The van der Waals surface area contributed by atoms with Gasteiger partial charge < -0.3 is 4.90 Å². The summed E-state index contributed by atoms with van der Waals surface area (Å²) in [5, 5.41) is 0. The van der Waals surface area contributed by atoms with Crippen LogP contribution in [0, 0.1) is 0 Å². The van der Waals surface area contributed by atoms with Gasteiger partial charge in [-0.25, -0.2) is 14.8 Å². The van der Waals surface area contributed by atoms with Gasteiger partial charge >= 0.3 is 6.03 Å². The molecule has 0 saturated heterocycles. The number of amides is 2. The highest BCUT2D eigenvalue weighted by atomic mass is 79.9. The standard InChI is InChI=1S/C8H9BrN4O/c1-12-4-5-6(13(2)8(12)14)3-10-7(9)11-5/h3H,4H2,1-2H3. The van der Waals surface area contributed by atoms with Gasteiger partial charge in [-0.2, -0.15) is 0 Å². The first-order valence-corrected chi connectivity index (χ1v) is 4.89. The number of aromatic nitrogens is 2. The molecule has 0 spiro atoms. The second-order valence-corrected chi connectivity index (χ2v) is 3.88. The highest BCUT2D eigenvalue weighted by Gasteiger charge is 2.26. The van der Waals surface area contributed by atoms with Crippen LogP contribution in [0.2, 0.25) is 0 Å². The van der Waals surface area contributed by atoms with Gasteiger partial charge in [-0.3, -0.25) is 4.90 Å². The first-order chi connectivity index (χ1) is 6.59. The lowest BCUT2D eigenvalue weighted by atomic mass is 10.2. The zero-order valence-electron chi connectivity index (χ0n) is 7.86. The Hall–Kier alpha value is -1.17. The summed E-state index contributed by atoms with van der Waals surface area (Å²) in [5.74, 6) is 0. The van der Waals surface area contributed by atoms with Crippen molar-refractivity contribution in [2.45, 2.75) is 6.54 Å². The van der Waals surface area contributed by atoms with Crippen LogP contribution in [0.3, 0.4) is 0 Å². The van der Waals surface area contributed by atoms with Gasteiger partial charge in [0.1, 0.15) is 0 Å². The van der Waals surface area contributed by atoms with E-state index >= 15 is 0 Å². The molecule has 14 heavy (non-hydrogen) atoms. The first-order valence-electron chi connectivity index (χ1n) is 4.10. The number of hydrogen-bond acceptors (Lipinski definition) is 3. The molecule has 0 saturated carbocycles. The van der Waals surface area contributed by atoms with Crippen molar-refractivity contribution in [3.05, 3.63) is 16.6 Å². The molecule has 0 aromatic carbocycles. The number of urea groups is 1. The van der Waals surface area contributed by atoms with E-state index < -0.39 is 0 Å². The van der Waals surface area contributed by atoms with E-state index in [2.05, 4.69) is 25.9 Å². The number of hydrogen-bond donors (Lipinski definition) is 0. The third kappa shape index (κ3) is 1.35. The maximum atomic E-state index is 11.6. The van der Waals surface area contributed by atoms with E-state index in [0.717, 1.165) is 11.4 Å². The van der Waals surface area contributed by atoms with Crippen molar-refractivity contribution in [1.29, 1.82) is 0 Å². The molecule has 2 rings (SSSR count). The SMILES string of the molecule is CN1Cc2nc(Br)ncc2N(C)C1=O. The Bertz CT molecular complexity index is 395. The van der Waals surface area contributed by atoms with Gasteiger partial charge in [0.05, 0.1) is 24.1 Å². The number of anilines is 1. The van der Waals surface area contributed by atoms with Crippen molar-refractivity contribution in [2.24, 2.45) is 0 Å². The Balaban J connectivity index is 2.50. The Labute approximate surface area is 89.9 Å². The fraction of sp³-hybridized carbons (Fsp3) is 0.375. The van der Waals surface area contributed by atoms with Crippen LogP contribution in [0.4, 0.5) is 10.5 Å². The molecule has 0 unspecified atom stereocenters. The van der Waals surface area contributed by atoms with Gasteiger partial charge in [-0.1, -0.05) is 0 Å². The molecule has 0 bridgehead atoms. The normalized spacial score (nSPS) is 15.8. The van der Waals surface area contributed by atoms with Crippen molar-refractivity contribution in [3.63, 3.8) is 0 Å². The molecule has 1 aliphatic heterocycles. The van der Waals surface area contributed by atoms with Gasteiger partial charge in [-0.15, -0.1) is 0 Å². The third-order valence-electron chi connectivity index (χ3n) is 2.18. The van der Waals surface area contributed by atoms with Crippen molar-refractivity contribution in [3.8, 4) is 0 Å². The fourth-order valence-corrected chi connectivity index (χ4v) is 1.75. The van der Waals surface area contributed by atoms with Crippen molar-refractivity contribution in [1.82, 2.24) is 14.9 Å². The summed E-state index contributed by atoms with van der Waals surface area (Å²) in [6, 6.07) is -0.0385. The summed E-state index contributed by atoms with van der Waals surface area (Å²) in [6.07, 6.45) is 1.65. The Morgan fingerprint density at radius 1 is 1.50 bits per heavy atom. The number of halogens is 1. The molecule has 0 atom stereocenters. The van der Waals surface area contributed by atoms with Crippen LogP contribution in [0.1, 0.15) is 5.69 Å². The van der Waals surface area contributed by atoms with Gasteiger partial charge in [0.2, 0.25) is 0 Å². The molecule has 1 aromatic heterocycles. The summed E-state index contributed by atoms with van der Waals surface area (Å²) >= 11 is 3.20. The maximum Gasteiger partial charge on any atom is 0.324 e. The number of rotatable bonds is 0. The average molecular weight is 257 g/mol. The minimum absolute atomic E-state index is 0.0385. The highest BCUT2D eigenvalue weighted by Crippen LogP contribution is 2.24. The topological polar surface area (TPSA) is 49.3 Å². The minimum atomic E-state index is -0.0385. The molecule has 0 radical (unpaired) electrons. The molecule has 74 valence electrons. The summed E-state index contributed by atoms with van der Waals surface area (Å²) in [6.45, 7) is 0.527. The average Bonchev–Trinajstić information content (AvgIpc) is 2.14. The summed E-state index contributed by atoms with van der Waals surface area (Å²) in [5.41, 5.74) is 1.63. The zero-order chi connectivity index (χ0) is 10.3. The van der Waals surface area contributed by atoms with Gasteiger partial charge in [0.25, 0.3) is 0 Å². The molecule has 0 fully saturated rings. The van der Waals surface area contributed by atoms with Crippen LogP contribution in [0.15, 0.2) is 10.9 Å². The van der Waals surface area contributed by atoms with Gasteiger partial charge in [-0.05, 0) is 15.9 Å². The molecule has 0 N–H and O–H groups in total. The summed E-state index contributed by atoms with van der Waals surface area (Å²) < 4.78 is 0.549. The van der Waals surface area contributed by atoms with Crippen LogP contribution in [0.25, 0.3) is 0 Å². The fourth-order valence-electron chi connectivity index (χ4n) is 1.43. The minimum Gasteiger partial charge on any atom is -0.321 e. The number of carbonyl (C=O) groups is 1. The van der Waals surface area contributed by atoms with Gasteiger partial charge in [0.15, 0.2) is 4.73 Å². The van der Waals surface area contributed by atoms with Crippen LogP contribution in [0.5, 0.6) is 0 Å². The number of nitrogens with zero attached hydrogens (tertiary/aromatic N) is 4. The smallest absolute Gasteiger partial charge is 0.321 e. The van der Waals surface area contributed by atoms with Crippen molar-refractivity contribution >= 4 is 27.6 Å². The van der Waals surface area contributed by atoms with E-state index in [0.29, 0.717) is 11.3 Å². The predicted octanol–water partition coefficient (Wildman–Crippen LogP) is 1.24. The Kier molecular flexibility index (Phi) is 2.14. The van der Waals surface area contributed by atoms with Crippen molar-refractivity contribution in [2.75, 3.05) is 19.0 Å². The number of carbonyl (C=O) groups excluding carboxylic acids is 1. The molecule has 2 heterocycles. The van der Waals surface area contributed by atoms with E-state index in [9.17, 15) is 4.79 Å². The summed E-state index contributed by atoms with van der Waals surface area (Å²) in [4.78, 5) is 22.9. The van der Waals surface area contributed by atoms with Crippen molar-refractivity contribution < 1.29 is 4.79 Å². The molecular formula is C8H9BrN4O. The van der Waals surface area contributed by atoms with E-state index in [1.807, 2.05) is 0 Å². The lowest BCUT2D eigenvalue weighted by Gasteiger charge is -2.31. The zero-order valence-corrected chi connectivity index (χ0v) is 9.45. The second-order valence-electron chi connectivity index (χ2n) is 3.17. The Morgan fingerprint density at radius 3 is 2.93 bits per heavy atom. The lowest BCUT2D eigenvalue weighted by Crippen LogP contribution is -2.43. The summed E-state index contributed by atoms with van der Waals surface area (Å²) in [7, 11) is 3.46. The monoisotopic (exact) mass is 256 g/mol. The molecular weight excluding hydrogens is 248 g/mol. The second kappa shape index (κ2) is 3.20. The van der Waals surface area contributed by atoms with Crippen LogP contribution in [-0.2, 0) is 6.54 Å². The van der Waals surface area contributed by atoms with Crippen LogP contribution in [-0.4, -0.2) is 35.0 Å². The molecule has 5 nitrogen and oxygen atoms in total. The molecule has 6 heteroatoms. The molecule has 1 aliphatic rings.